The zero-order valence-electron chi connectivity index (χ0n) is 13.5. The van der Waals surface area contributed by atoms with Crippen LogP contribution in [0.5, 0.6) is 0 Å². The van der Waals surface area contributed by atoms with Crippen LogP contribution in [0.25, 0.3) is 0 Å². The summed E-state index contributed by atoms with van der Waals surface area (Å²) < 4.78 is 5.39. The Bertz CT molecular complexity index is 479. The molecule has 0 aromatic carbocycles. The van der Waals surface area contributed by atoms with Gasteiger partial charge in [-0.15, -0.1) is 0 Å². The lowest BCUT2D eigenvalue weighted by Crippen LogP contribution is -2.52. The van der Waals surface area contributed by atoms with Crippen molar-refractivity contribution in [3.05, 3.63) is 12.3 Å². The lowest BCUT2D eigenvalue weighted by atomic mass is 10.2. The summed E-state index contributed by atoms with van der Waals surface area (Å²) in [5.74, 6) is 1.69. The van der Waals surface area contributed by atoms with Crippen molar-refractivity contribution in [3.8, 4) is 0 Å². The molecule has 1 aromatic heterocycles. The Morgan fingerprint density at radius 1 is 1.23 bits per heavy atom. The van der Waals surface area contributed by atoms with Gasteiger partial charge >= 0.3 is 0 Å². The van der Waals surface area contributed by atoms with E-state index in [-0.39, 0.29) is 0 Å². The Hall–Kier alpha value is -1.44. The molecule has 3 rings (SSSR count). The fourth-order valence-electron chi connectivity index (χ4n) is 2.93. The fourth-order valence-corrected chi connectivity index (χ4v) is 2.93. The van der Waals surface area contributed by atoms with Gasteiger partial charge in [0.05, 0.1) is 13.2 Å². The second-order valence-electron chi connectivity index (χ2n) is 6.12. The Kier molecular flexibility index (Phi) is 5.07. The minimum Gasteiger partial charge on any atom is -0.378 e. The molecule has 2 aliphatic heterocycles. The number of piperazine rings is 1. The fraction of sp³-hybridized carbons (Fsp3) is 0.733. The summed E-state index contributed by atoms with van der Waals surface area (Å²) in [4.78, 5) is 16.0. The van der Waals surface area contributed by atoms with E-state index in [4.69, 9.17) is 4.74 Å². The molecule has 1 N–H and O–H groups in total. The third-order valence-electron chi connectivity index (χ3n) is 4.45. The van der Waals surface area contributed by atoms with Gasteiger partial charge in [0.2, 0.25) is 5.95 Å². The highest BCUT2D eigenvalue weighted by molar-refractivity contribution is 5.42. The number of morpholine rings is 1. The highest BCUT2D eigenvalue weighted by Gasteiger charge is 2.22. The summed E-state index contributed by atoms with van der Waals surface area (Å²) in [5, 5.41) is 3.40. The average Bonchev–Trinajstić information content (AvgIpc) is 2.57. The van der Waals surface area contributed by atoms with Crippen LogP contribution < -0.4 is 10.2 Å². The lowest BCUT2D eigenvalue weighted by Gasteiger charge is -2.37. The van der Waals surface area contributed by atoms with Crippen LogP contribution >= 0.6 is 0 Å². The Labute approximate surface area is 132 Å². The highest BCUT2D eigenvalue weighted by Crippen LogP contribution is 2.14. The van der Waals surface area contributed by atoms with E-state index in [0.29, 0.717) is 12.0 Å². The number of nitrogens with zero attached hydrogens (tertiary/aromatic N) is 5. The molecule has 0 bridgehead atoms. The van der Waals surface area contributed by atoms with Gasteiger partial charge in [0.25, 0.3) is 0 Å². The molecule has 2 saturated heterocycles. The molecule has 122 valence electrons. The minimum atomic E-state index is 0.495. The third-order valence-corrected chi connectivity index (χ3v) is 4.45. The predicted molar refractivity (Wildman–Crippen MR) is 87.5 cm³/mol. The number of hydrogen-bond donors (Lipinski definition) is 1. The number of rotatable bonds is 4. The smallest absolute Gasteiger partial charge is 0.224 e. The number of nitrogens with one attached hydrogen (secondary N) is 1. The quantitative estimate of drug-likeness (QED) is 0.838. The first-order valence-corrected chi connectivity index (χ1v) is 8.01. The van der Waals surface area contributed by atoms with Crippen LogP contribution in [0.3, 0.4) is 0 Å². The number of aromatic nitrogens is 2. The Balaban J connectivity index is 1.58. The highest BCUT2D eigenvalue weighted by atomic mass is 16.5. The zero-order chi connectivity index (χ0) is 15.4. The first kappa shape index (κ1) is 15.5. The first-order chi connectivity index (χ1) is 10.7. The molecule has 0 amide bonds. The van der Waals surface area contributed by atoms with Crippen LogP contribution in [0.2, 0.25) is 0 Å². The largest absolute Gasteiger partial charge is 0.378 e. The number of likely N-dealkylation sites (N-methyl/N-ethyl adjacent to an activating group) is 2. The van der Waals surface area contributed by atoms with Crippen molar-refractivity contribution in [2.75, 3.05) is 76.8 Å². The van der Waals surface area contributed by atoms with Gasteiger partial charge in [0, 0.05) is 51.5 Å². The first-order valence-electron chi connectivity index (χ1n) is 8.01. The maximum atomic E-state index is 5.39. The number of hydrogen-bond acceptors (Lipinski definition) is 7. The molecule has 7 nitrogen and oxygen atoms in total. The van der Waals surface area contributed by atoms with Gasteiger partial charge in [-0.25, -0.2) is 4.98 Å². The molecule has 1 aromatic rings. The van der Waals surface area contributed by atoms with Crippen molar-refractivity contribution < 1.29 is 4.74 Å². The van der Waals surface area contributed by atoms with E-state index in [0.717, 1.165) is 58.3 Å². The van der Waals surface area contributed by atoms with Crippen LogP contribution in [0, 0.1) is 0 Å². The number of ether oxygens (including phenoxy) is 1. The second-order valence-corrected chi connectivity index (χ2v) is 6.12. The molecule has 0 radical (unpaired) electrons. The lowest BCUT2D eigenvalue weighted by molar-refractivity contribution is 0.121. The van der Waals surface area contributed by atoms with E-state index in [2.05, 4.69) is 44.1 Å². The van der Waals surface area contributed by atoms with Gasteiger partial charge in [-0.1, -0.05) is 0 Å². The van der Waals surface area contributed by atoms with Gasteiger partial charge in [-0.3, -0.25) is 4.90 Å². The van der Waals surface area contributed by atoms with Gasteiger partial charge in [0.1, 0.15) is 5.82 Å². The van der Waals surface area contributed by atoms with Crippen molar-refractivity contribution in [1.82, 2.24) is 19.8 Å². The van der Waals surface area contributed by atoms with Gasteiger partial charge in [-0.2, -0.15) is 4.98 Å². The topological polar surface area (TPSA) is 56.8 Å². The summed E-state index contributed by atoms with van der Waals surface area (Å²) in [6.07, 6.45) is 1.83. The summed E-state index contributed by atoms with van der Waals surface area (Å²) in [6, 6.07) is 2.46. The normalized spacial score (nSPS) is 24.5. The van der Waals surface area contributed by atoms with Crippen LogP contribution in [0.15, 0.2) is 12.3 Å². The third kappa shape index (κ3) is 3.85. The van der Waals surface area contributed by atoms with Gasteiger partial charge in [0.15, 0.2) is 0 Å². The van der Waals surface area contributed by atoms with E-state index in [9.17, 15) is 0 Å². The molecule has 3 heterocycles. The Morgan fingerprint density at radius 2 is 2.05 bits per heavy atom. The molecule has 2 fully saturated rings. The van der Waals surface area contributed by atoms with E-state index in [1.54, 1.807) is 0 Å². The minimum absolute atomic E-state index is 0.495. The molecule has 22 heavy (non-hydrogen) atoms. The van der Waals surface area contributed by atoms with E-state index in [1.807, 2.05) is 12.3 Å². The summed E-state index contributed by atoms with van der Waals surface area (Å²) in [6.45, 7) is 7.52. The SMILES string of the molecule is CN1CCN(C)C(CNc2nccc(N3CCOCC3)n2)C1. The monoisotopic (exact) mass is 306 g/mol. The molecule has 7 heteroatoms. The summed E-state index contributed by atoms with van der Waals surface area (Å²) >= 11 is 0. The van der Waals surface area contributed by atoms with Crippen LogP contribution in [-0.4, -0.2) is 92.4 Å². The van der Waals surface area contributed by atoms with Crippen LogP contribution in [-0.2, 0) is 4.74 Å². The predicted octanol–water partition coefficient (Wildman–Crippen LogP) is -0.0291. The molecule has 1 atom stereocenters. The van der Waals surface area contributed by atoms with Crippen LogP contribution in [0.4, 0.5) is 11.8 Å². The Morgan fingerprint density at radius 3 is 2.86 bits per heavy atom. The maximum absolute atomic E-state index is 5.39. The van der Waals surface area contributed by atoms with Gasteiger partial charge < -0.3 is 19.9 Å². The van der Waals surface area contributed by atoms with Crippen molar-refractivity contribution in [2.24, 2.45) is 0 Å². The summed E-state index contributed by atoms with van der Waals surface area (Å²) in [7, 11) is 4.36. The van der Waals surface area contributed by atoms with E-state index >= 15 is 0 Å². The van der Waals surface area contributed by atoms with Crippen LogP contribution in [0.1, 0.15) is 0 Å². The van der Waals surface area contributed by atoms with Crippen molar-refractivity contribution in [2.45, 2.75) is 6.04 Å². The second kappa shape index (κ2) is 7.21. The molecule has 0 aliphatic carbocycles. The van der Waals surface area contributed by atoms with Crippen molar-refractivity contribution >= 4 is 11.8 Å². The molecular formula is C15H26N6O. The zero-order valence-corrected chi connectivity index (χ0v) is 13.5. The van der Waals surface area contributed by atoms with E-state index < -0.39 is 0 Å². The molecule has 2 aliphatic rings. The maximum Gasteiger partial charge on any atom is 0.224 e. The van der Waals surface area contributed by atoms with Crippen molar-refractivity contribution in [1.29, 1.82) is 0 Å². The summed E-state index contributed by atoms with van der Waals surface area (Å²) in [5.41, 5.74) is 0. The molecule has 1 unspecified atom stereocenters. The van der Waals surface area contributed by atoms with E-state index in [1.165, 1.54) is 0 Å². The molecule has 0 saturated carbocycles. The molecule has 0 spiro atoms. The van der Waals surface area contributed by atoms with Gasteiger partial charge in [-0.05, 0) is 20.2 Å². The van der Waals surface area contributed by atoms with Crippen molar-refractivity contribution in [3.63, 3.8) is 0 Å². The molecular weight excluding hydrogens is 280 g/mol. The standard InChI is InChI=1S/C15H26N6O/c1-19-5-6-20(2)13(12-19)11-17-15-16-4-3-14(18-15)21-7-9-22-10-8-21/h3-4,13H,5-12H2,1-2H3,(H,16,17,18). The average molecular weight is 306 g/mol. The number of anilines is 2.